The quantitative estimate of drug-likeness (QED) is 0.148. The number of carbonyl (C=O) groups is 2. The van der Waals surface area contributed by atoms with Gasteiger partial charge in [-0.25, -0.2) is 0 Å². The third-order valence-electron chi connectivity index (χ3n) is 9.35. The number of amides is 1. The maximum Gasteiger partial charge on any atom is 0.220 e. The fourth-order valence-corrected chi connectivity index (χ4v) is 7.36. The molecule has 1 aliphatic heterocycles. The number of hydrogen-bond acceptors (Lipinski definition) is 7. The van der Waals surface area contributed by atoms with Crippen LogP contribution < -0.4 is 20.1 Å². The molecule has 2 aliphatic rings. The highest BCUT2D eigenvalue weighted by Crippen LogP contribution is 2.43. The van der Waals surface area contributed by atoms with Gasteiger partial charge in [0.1, 0.15) is 17.3 Å². The van der Waals surface area contributed by atoms with Crippen LogP contribution in [0.15, 0.2) is 60.9 Å². The monoisotopic (exact) mass is 686 g/mol. The Hall–Kier alpha value is -3.98. The van der Waals surface area contributed by atoms with Gasteiger partial charge in [0.15, 0.2) is 0 Å². The predicted octanol–water partition coefficient (Wildman–Crippen LogP) is 7.86. The molecule has 1 saturated heterocycles. The normalized spacial score (nSPS) is 17.5. The molecule has 6 rings (SSSR count). The number of aryl methyl sites for hydroxylation is 1. The fourth-order valence-electron chi connectivity index (χ4n) is 6.71. The van der Waals surface area contributed by atoms with Gasteiger partial charge in [-0.15, -0.1) is 0 Å². The lowest BCUT2D eigenvalue weighted by Gasteiger charge is -2.16. The first kappa shape index (κ1) is 33.9. The summed E-state index contributed by atoms with van der Waals surface area (Å²) in [5, 5.41) is 7.56. The van der Waals surface area contributed by atoms with Crippen LogP contribution in [-0.2, 0) is 22.6 Å². The summed E-state index contributed by atoms with van der Waals surface area (Å²) < 4.78 is 11.5. The first-order valence-electron chi connectivity index (χ1n) is 16.5. The summed E-state index contributed by atoms with van der Waals surface area (Å²) >= 11 is 14.2. The molecular formula is C38H40Cl2N4O4. The molecule has 0 unspecified atom stereocenters. The van der Waals surface area contributed by atoms with E-state index in [1.165, 1.54) is 0 Å². The third kappa shape index (κ3) is 7.67. The van der Waals surface area contributed by atoms with E-state index >= 15 is 0 Å². The molecule has 1 aliphatic carbocycles. The van der Waals surface area contributed by atoms with Crippen molar-refractivity contribution in [2.75, 3.05) is 20.8 Å². The number of aromatic nitrogens is 2. The average Bonchev–Trinajstić information content (AvgIpc) is 3.72. The first-order chi connectivity index (χ1) is 23.3. The van der Waals surface area contributed by atoms with Gasteiger partial charge >= 0.3 is 0 Å². The second-order valence-corrected chi connectivity index (χ2v) is 13.3. The Morgan fingerprint density at radius 1 is 0.833 bits per heavy atom. The van der Waals surface area contributed by atoms with Gasteiger partial charge in [0.2, 0.25) is 5.91 Å². The highest BCUT2D eigenvalue weighted by Gasteiger charge is 2.23. The minimum atomic E-state index is 0.140. The van der Waals surface area contributed by atoms with Gasteiger partial charge in [-0.2, -0.15) is 0 Å². The maximum atomic E-state index is 11.6. The Morgan fingerprint density at radius 3 is 2.00 bits per heavy atom. The zero-order chi connectivity index (χ0) is 33.6. The number of nitrogens with one attached hydrogen (secondary N) is 2. The molecule has 48 heavy (non-hydrogen) atoms. The molecule has 1 saturated carbocycles. The molecule has 0 radical (unpaired) electrons. The number of ketones is 1. The lowest BCUT2D eigenvalue weighted by Crippen LogP contribution is -2.25. The van der Waals surface area contributed by atoms with E-state index in [-0.39, 0.29) is 11.9 Å². The molecule has 0 spiro atoms. The summed E-state index contributed by atoms with van der Waals surface area (Å²) in [6.45, 7) is 1.39. The number of ether oxygens (including phenoxy) is 2. The summed E-state index contributed by atoms with van der Waals surface area (Å²) in [7, 11) is 3.31. The largest absolute Gasteiger partial charge is 0.496 e. The molecule has 2 atom stereocenters. The molecule has 4 aromatic rings. The number of halogens is 2. The number of pyridine rings is 2. The van der Waals surface area contributed by atoms with Crippen LogP contribution in [0.5, 0.6) is 11.5 Å². The van der Waals surface area contributed by atoms with Crippen LogP contribution in [0.4, 0.5) is 0 Å². The van der Waals surface area contributed by atoms with E-state index in [4.69, 9.17) is 42.6 Å². The zero-order valence-corrected chi connectivity index (χ0v) is 28.8. The third-order valence-corrected chi connectivity index (χ3v) is 10.2. The minimum Gasteiger partial charge on any atom is -0.496 e. The van der Waals surface area contributed by atoms with Crippen LogP contribution >= 0.6 is 23.2 Å². The van der Waals surface area contributed by atoms with Gasteiger partial charge in [0.05, 0.1) is 35.7 Å². The number of nitrogens with zero attached hydrogens (tertiary/aromatic N) is 2. The van der Waals surface area contributed by atoms with E-state index in [1.54, 1.807) is 14.2 Å². The molecule has 10 heteroatoms. The standard InChI is InChI=1S/C38H40Cl2N4O4/c1-47-34-17-32(42-21-24(34)6-3-7-26-13-15-36(46)44-26)30-10-4-8-28(37(30)39)29-9-5-11-31(38(29)40)33-18-35(48-2)25(22-43-33)20-41-19-23-12-14-27(45)16-23/h4-5,8-11,17-18,21-23,26,41H,3,6-7,12-16,19-20H2,1-2H3,(H,44,46)/t23-,26-/m1/s1. The van der Waals surface area contributed by atoms with E-state index in [0.29, 0.717) is 64.7 Å². The minimum absolute atomic E-state index is 0.140. The summed E-state index contributed by atoms with van der Waals surface area (Å²) in [5.74, 6) is 2.35. The molecule has 2 fully saturated rings. The fraction of sp³-hybridized carbons (Fsp3) is 0.368. The predicted molar refractivity (Wildman–Crippen MR) is 190 cm³/mol. The number of rotatable bonds is 13. The van der Waals surface area contributed by atoms with Crippen molar-refractivity contribution in [1.29, 1.82) is 0 Å². The Labute approximate surface area is 291 Å². The lowest BCUT2D eigenvalue weighted by atomic mass is 9.97. The first-order valence-corrected chi connectivity index (χ1v) is 17.3. The van der Waals surface area contributed by atoms with Crippen LogP contribution in [0.1, 0.15) is 56.1 Å². The van der Waals surface area contributed by atoms with E-state index in [0.717, 1.165) is 77.8 Å². The van der Waals surface area contributed by atoms with E-state index in [2.05, 4.69) is 10.6 Å². The van der Waals surface area contributed by atoms with Gasteiger partial charge in [-0.05, 0) is 44.6 Å². The van der Waals surface area contributed by atoms with Crippen molar-refractivity contribution in [3.8, 4) is 45.1 Å². The van der Waals surface area contributed by atoms with Crippen molar-refractivity contribution >= 4 is 34.9 Å². The Morgan fingerprint density at radius 2 is 1.44 bits per heavy atom. The van der Waals surface area contributed by atoms with Crippen molar-refractivity contribution in [3.05, 3.63) is 82.1 Å². The Bertz CT molecular complexity index is 1680. The highest BCUT2D eigenvalue weighted by atomic mass is 35.5. The topological polar surface area (TPSA) is 102 Å². The van der Waals surface area contributed by atoms with Crippen molar-refractivity contribution in [1.82, 2.24) is 20.6 Å². The second kappa shape index (κ2) is 15.5. The Balaban J connectivity index is 1.20. The lowest BCUT2D eigenvalue weighted by molar-refractivity contribution is -0.119. The molecule has 2 aromatic carbocycles. The number of hydrogen-bond donors (Lipinski definition) is 2. The van der Waals surface area contributed by atoms with Gasteiger partial charge in [0.25, 0.3) is 0 Å². The number of carbonyl (C=O) groups excluding carboxylic acids is 2. The van der Waals surface area contributed by atoms with Crippen LogP contribution in [-0.4, -0.2) is 48.5 Å². The van der Waals surface area contributed by atoms with Gasteiger partial charge in [-0.1, -0.05) is 59.6 Å². The summed E-state index contributed by atoms with van der Waals surface area (Å²) in [6.07, 6.45) is 10.1. The molecule has 0 bridgehead atoms. The van der Waals surface area contributed by atoms with Crippen LogP contribution in [0.25, 0.3) is 33.6 Å². The summed E-state index contributed by atoms with van der Waals surface area (Å²) in [6, 6.07) is 15.7. The molecule has 2 N–H and O–H groups in total. The molecular weight excluding hydrogens is 647 g/mol. The number of benzene rings is 2. The zero-order valence-electron chi connectivity index (χ0n) is 27.3. The van der Waals surface area contributed by atoms with Crippen molar-refractivity contribution in [3.63, 3.8) is 0 Å². The molecule has 2 aromatic heterocycles. The smallest absolute Gasteiger partial charge is 0.220 e. The summed E-state index contributed by atoms with van der Waals surface area (Å²) in [5.41, 5.74) is 6.44. The second-order valence-electron chi connectivity index (χ2n) is 12.6. The van der Waals surface area contributed by atoms with Crippen LogP contribution in [0.2, 0.25) is 10.0 Å². The van der Waals surface area contributed by atoms with Crippen molar-refractivity contribution in [2.24, 2.45) is 5.92 Å². The molecule has 3 heterocycles. The summed E-state index contributed by atoms with van der Waals surface area (Å²) in [4.78, 5) is 32.7. The Kier molecular flexibility index (Phi) is 10.9. The van der Waals surface area contributed by atoms with Crippen LogP contribution in [0, 0.1) is 5.92 Å². The average molecular weight is 688 g/mol. The van der Waals surface area contributed by atoms with E-state index in [9.17, 15) is 9.59 Å². The van der Waals surface area contributed by atoms with Crippen LogP contribution in [0.3, 0.4) is 0 Å². The van der Waals surface area contributed by atoms with E-state index in [1.807, 2.05) is 60.9 Å². The molecule has 8 nitrogen and oxygen atoms in total. The van der Waals surface area contributed by atoms with Gasteiger partial charge < -0.3 is 20.1 Å². The maximum absolute atomic E-state index is 11.6. The SMILES string of the molecule is COc1cc(-c2cccc(-c3cccc(-c4cc(OC)c(CNC[C@@H]5CCC(=O)C5)cn4)c3Cl)c2Cl)ncc1CCC[C@@H]1CCC(=O)N1. The molecule has 1 amide bonds. The molecule has 250 valence electrons. The van der Waals surface area contributed by atoms with Gasteiger partial charge in [0, 0.05) is 89.8 Å². The van der Waals surface area contributed by atoms with Crippen molar-refractivity contribution < 1.29 is 19.1 Å². The number of Topliss-reactive ketones (excluding diaryl/α,β-unsaturated/α-hetero) is 1. The van der Waals surface area contributed by atoms with Crippen molar-refractivity contribution in [2.45, 2.75) is 64.0 Å². The number of methoxy groups -OCH3 is 2. The van der Waals surface area contributed by atoms with Gasteiger partial charge in [-0.3, -0.25) is 19.6 Å². The van der Waals surface area contributed by atoms with E-state index < -0.39 is 0 Å². The highest BCUT2D eigenvalue weighted by molar-refractivity contribution is 6.39.